The molecule has 2 unspecified atom stereocenters. The van der Waals surface area contributed by atoms with Gasteiger partial charge < -0.3 is 77.7 Å². The molecule has 362 valence electrons. The number of rotatable bonds is 27. The zero-order chi connectivity index (χ0) is 47.6. The van der Waals surface area contributed by atoms with Crippen molar-refractivity contribution >= 4 is 22.9 Å². The molecule has 0 saturated carbocycles. The maximum atomic E-state index is 13.8. The van der Waals surface area contributed by atoms with Crippen LogP contribution in [0.15, 0.2) is 57.4 Å². The van der Waals surface area contributed by atoms with Crippen LogP contribution in [0.4, 0.5) is 0 Å². The van der Waals surface area contributed by atoms with Crippen LogP contribution in [0.1, 0.15) is 37.9 Å². The molecular formula is C44H57N3O19. The molecular weight excluding hydrogens is 874 g/mol. The molecule has 4 aromatic rings. The Morgan fingerprint density at radius 3 is 2.14 bits per heavy atom. The molecule has 1 aliphatic rings. The number of phenolic OH excluding ortho intramolecular Hbond substituents is 2. The van der Waals surface area contributed by atoms with Gasteiger partial charge in [0.1, 0.15) is 64.9 Å². The third-order valence-corrected chi connectivity index (χ3v) is 9.89. The Bertz CT molecular complexity index is 2260. The van der Waals surface area contributed by atoms with E-state index in [1.807, 2.05) is 19.9 Å². The summed E-state index contributed by atoms with van der Waals surface area (Å²) in [6, 6.07) is 7.43. The molecule has 66 heavy (non-hydrogen) atoms. The van der Waals surface area contributed by atoms with Gasteiger partial charge in [-0.05, 0) is 44.5 Å². The summed E-state index contributed by atoms with van der Waals surface area (Å²) in [6.45, 7) is 5.36. The molecule has 0 bridgehead atoms. The molecule has 3 heterocycles. The number of hydrogen-bond donors (Lipinski definition) is 6. The molecule has 5 atom stereocenters. The highest BCUT2D eigenvalue weighted by molar-refractivity contribution is 5.92. The van der Waals surface area contributed by atoms with E-state index in [-0.39, 0.29) is 87.1 Å². The topological polar surface area (TPSA) is 300 Å². The second kappa shape index (κ2) is 26.0. The minimum absolute atomic E-state index is 0.0440. The van der Waals surface area contributed by atoms with Gasteiger partial charge in [-0.1, -0.05) is 16.9 Å². The molecule has 2 aromatic carbocycles. The standard InChI is InChI=1S/C44H57N3O19/c1-26(2)4-9-30-31(49)22-32(50)36-38(54)43(41(66-42(30)36)27-5-7-29(57-3)8-6-27)65-35(52)11-10-34(51)62-21-20-60-17-16-58-14-15-59-18-19-61-25-28-23-47(46-45-28)12-13-63-44-40(56)39(55)37(53)33(24-48)64-44/h4-8,22-23,33,37,39-40,44,48-50,53,55-56H,9-21,24-25H2,1-3H3/t33?,37?,39-,40+,44+/m1/s1. The van der Waals surface area contributed by atoms with Gasteiger partial charge in [-0.15, -0.1) is 5.10 Å². The molecule has 1 fully saturated rings. The van der Waals surface area contributed by atoms with Crippen LogP contribution in [0.2, 0.25) is 0 Å². The van der Waals surface area contributed by atoms with Crippen molar-refractivity contribution in [2.24, 2.45) is 0 Å². The number of phenols is 2. The maximum Gasteiger partial charge on any atom is 0.312 e. The quantitative estimate of drug-likeness (QED) is 0.0279. The van der Waals surface area contributed by atoms with E-state index in [1.54, 1.807) is 30.5 Å². The van der Waals surface area contributed by atoms with Gasteiger partial charge in [0.05, 0.1) is 98.8 Å². The summed E-state index contributed by atoms with van der Waals surface area (Å²) in [5.74, 6) is -2.60. The monoisotopic (exact) mass is 931 g/mol. The van der Waals surface area contributed by atoms with Gasteiger partial charge in [0, 0.05) is 17.2 Å². The SMILES string of the molecule is COc1ccc(-c2oc3c(CC=C(C)C)c(O)cc(O)c3c(=O)c2OC(=O)CCC(=O)OCCOCCOCCOCCOCc2cn(CCO[C@H]3OC(CO)C(O)[C@@H](O)[C@@H]3O)nn2)cc1. The number of aromatic nitrogens is 3. The maximum absolute atomic E-state index is 13.8. The Hall–Kier alpha value is -5.53. The van der Waals surface area contributed by atoms with E-state index in [1.165, 1.54) is 11.8 Å². The lowest BCUT2D eigenvalue weighted by atomic mass is 9.99. The summed E-state index contributed by atoms with van der Waals surface area (Å²) in [5, 5.41) is 68.2. The van der Waals surface area contributed by atoms with Crippen molar-refractivity contribution in [2.75, 3.05) is 73.2 Å². The van der Waals surface area contributed by atoms with E-state index >= 15 is 0 Å². The average Bonchev–Trinajstić information content (AvgIpc) is 3.76. The van der Waals surface area contributed by atoms with E-state index in [4.69, 9.17) is 47.0 Å². The van der Waals surface area contributed by atoms with Crippen LogP contribution in [0.3, 0.4) is 0 Å². The number of allylic oxidation sites excluding steroid dienone is 2. The molecule has 6 N–H and O–H groups in total. The van der Waals surface area contributed by atoms with Crippen molar-refractivity contribution in [1.82, 2.24) is 15.0 Å². The zero-order valence-corrected chi connectivity index (χ0v) is 36.9. The van der Waals surface area contributed by atoms with Crippen LogP contribution >= 0.6 is 0 Å². The third kappa shape index (κ3) is 14.7. The first-order valence-electron chi connectivity index (χ1n) is 21.1. The molecule has 5 rings (SSSR count). The Labute approximate surface area is 378 Å². The minimum Gasteiger partial charge on any atom is -0.507 e. The van der Waals surface area contributed by atoms with Crippen molar-refractivity contribution in [3.05, 3.63) is 69.7 Å². The second-order valence-corrected chi connectivity index (χ2v) is 15.0. The van der Waals surface area contributed by atoms with Crippen LogP contribution in [-0.2, 0) is 62.3 Å². The minimum atomic E-state index is -1.52. The van der Waals surface area contributed by atoms with E-state index < -0.39 is 72.6 Å². The number of fused-ring (bicyclic) bond motifs is 1. The first kappa shape index (κ1) is 51.5. The highest BCUT2D eigenvalue weighted by atomic mass is 16.7. The number of benzene rings is 2. The van der Waals surface area contributed by atoms with Gasteiger partial charge in [0.25, 0.3) is 0 Å². The number of aromatic hydroxyl groups is 2. The normalized spacial score (nSPS) is 18.3. The van der Waals surface area contributed by atoms with E-state index in [0.717, 1.165) is 11.6 Å². The third-order valence-electron chi connectivity index (χ3n) is 9.89. The second-order valence-electron chi connectivity index (χ2n) is 15.0. The summed E-state index contributed by atoms with van der Waals surface area (Å²) < 4.78 is 56.2. The lowest BCUT2D eigenvalue weighted by molar-refractivity contribution is -0.301. The largest absolute Gasteiger partial charge is 0.507 e. The van der Waals surface area contributed by atoms with Crippen LogP contribution in [-0.4, -0.2) is 161 Å². The molecule has 0 amide bonds. The van der Waals surface area contributed by atoms with Gasteiger partial charge in [0.2, 0.25) is 11.2 Å². The molecule has 22 nitrogen and oxygen atoms in total. The number of aliphatic hydroxyl groups excluding tert-OH is 4. The number of methoxy groups -OCH3 is 1. The predicted octanol–water partition coefficient (Wildman–Crippen LogP) is 1.29. The van der Waals surface area contributed by atoms with Crippen molar-refractivity contribution < 1.29 is 87.3 Å². The van der Waals surface area contributed by atoms with Crippen LogP contribution < -0.4 is 14.9 Å². The molecule has 22 heteroatoms. The number of nitrogens with zero attached hydrogens (tertiary/aromatic N) is 3. The van der Waals surface area contributed by atoms with E-state index in [2.05, 4.69) is 10.3 Å². The lowest BCUT2D eigenvalue weighted by Crippen LogP contribution is -2.59. The first-order valence-corrected chi connectivity index (χ1v) is 21.1. The fourth-order valence-electron chi connectivity index (χ4n) is 6.37. The molecule has 0 spiro atoms. The van der Waals surface area contributed by atoms with E-state index in [0.29, 0.717) is 43.4 Å². The number of carbonyl (C=O) groups excluding carboxylic acids is 2. The highest BCUT2D eigenvalue weighted by Gasteiger charge is 2.44. The van der Waals surface area contributed by atoms with Gasteiger partial charge in [-0.2, -0.15) is 0 Å². The summed E-state index contributed by atoms with van der Waals surface area (Å²) in [7, 11) is 1.49. The summed E-state index contributed by atoms with van der Waals surface area (Å²) in [6.07, 6.45) is -3.91. The Morgan fingerprint density at radius 2 is 1.48 bits per heavy atom. The number of aliphatic hydroxyl groups is 4. The lowest BCUT2D eigenvalue weighted by Gasteiger charge is -2.39. The summed E-state index contributed by atoms with van der Waals surface area (Å²) >= 11 is 0. The van der Waals surface area contributed by atoms with Gasteiger partial charge in [-0.3, -0.25) is 14.4 Å². The number of carbonyl (C=O) groups is 2. The predicted molar refractivity (Wildman–Crippen MR) is 229 cm³/mol. The van der Waals surface area contributed by atoms with Crippen LogP contribution in [0.5, 0.6) is 23.0 Å². The molecule has 0 aliphatic carbocycles. The van der Waals surface area contributed by atoms with Crippen molar-refractivity contribution in [2.45, 2.75) is 77.0 Å². The Balaban J connectivity index is 0.926. The number of ether oxygens (including phenoxy) is 9. The van der Waals surface area contributed by atoms with Crippen LogP contribution in [0, 0.1) is 0 Å². The van der Waals surface area contributed by atoms with Gasteiger partial charge >= 0.3 is 11.9 Å². The number of esters is 2. The molecule has 0 radical (unpaired) electrons. The molecule has 1 aliphatic heterocycles. The molecule has 2 aromatic heterocycles. The summed E-state index contributed by atoms with van der Waals surface area (Å²) in [5.41, 5.74) is 1.16. The first-order chi connectivity index (χ1) is 31.8. The fourth-order valence-corrected chi connectivity index (χ4v) is 6.37. The fraction of sp³-hybridized carbons (Fsp3) is 0.523. The van der Waals surface area contributed by atoms with Gasteiger partial charge in [-0.25, -0.2) is 4.68 Å². The molecule has 1 saturated heterocycles. The van der Waals surface area contributed by atoms with Crippen molar-refractivity contribution in [3.8, 4) is 34.3 Å². The van der Waals surface area contributed by atoms with Gasteiger partial charge in [0.15, 0.2) is 12.1 Å². The van der Waals surface area contributed by atoms with E-state index in [9.17, 15) is 45.0 Å². The number of hydrogen-bond acceptors (Lipinski definition) is 21. The zero-order valence-electron chi connectivity index (χ0n) is 36.9. The Kier molecular flexibility index (Phi) is 20.3. The smallest absolute Gasteiger partial charge is 0.312 e. The average molecular weight is 932 g/mol. The van der Waals surface area contributed by atoms with Crippen molar-refractivity contribution in [1.29, 1.82) is 0 Å². The van der Waals surface area contributed by atoms with Crippen LogP contribution in [0.25, 0.3) is 22.3 Å². The van der Waals surface area contributed by atoms with Crippen molar-refractivity contribution in [3.63, 3.8) is 0 Å². The summed E-state index contributed by atoms with van der Waals surface area (Å²) in [4.78, 5) is 39.2. The Morgan fingerprint density at radius 1 is 0.833 bits per heavy atom. The highest BCUT2D eigenvalue weighted by Crippen LogP contribution is 2.39.